The molecule has 2 aromatic carbocycles. The molecule has 29 heavy (non-hydrogen) atoms. The van der Waals surface area contributed by atoms with Crippen LogP contribution in [0, 0.1) is 6.92 Å². The number of pyridine rings is 1. The number of nitrogens with one attached hydrogen (secondary N) is 2. The third kappa shape index (κ3) is 5.26. The molecule has 0 atom stereocenters. The highest BCUT2D eigenvalue weighted by atomic mass is 16.5. The third-order valence-corrected chi connectivity index (χ3v) is 4.03. The van der Waals surface area contributed by atoms with Gasteiger partial charge in [0.1, 0.15) is 5.82 Å². The molecular formula is C22H19N3O4. The normalized spacial score (nSPS) is 10.1. The van der Waals surface area contributed by atoms with E-state index in [0.29, 0.717) is 17.1 Å². The summed E-state index contributed by atoms with van der Waals surface area (Å²) in [7, 11) is 0. The van der Waals surface area contributed by atoms with Crippen molar-refractivity contribution in [2.75, 3.05) is 17.2 Å². The number of aryl methyl sites for hydroxylation is 1. The van der Waals surface area contributed by atoms with Crippen molar-refractivity contribution in [2.45, 2.75) is 6.92 Å². The Bertz CT molecular complexity index is 1030. The molecule has 3 aromatic rings. The van der Waals surface area contributed by atoms with Gasteiger partial charge in [-0.2, -0.15) is 0 Å². The van der Waals surface area contributed by atoms with Crippen molar-refractivity contribution in [3.05, 3.63) is 89.6 Å². The lowest BCUT2D eigenvalue weighted by Gasteiger charge is -2.11. The summed E-state index contributed by atoms with van der Waals surface area (Å²) in [6.07, 6.45) is 1.56. The molecule has 0 saturated heterocycles. The van der Waals surface area contributed by atoms with Gasteiger partial charge in [-0.25, -0.2) is 9.78 Å². The number of para-hydroxylation sites is 1. The quantitative estimate of drug-likeness (QED) is 0.630. The third-order valence-electron chi connectivity index (χ3n) is 4.03. The molecule has 0 aliphatic rings. The van der Waals surface area contributed by atoms with Gasteiger partial charge in [0.2, 0.25) is 0 Å². The number of amides is 2. The molecule has 146 valence electrons. The summed E-state index contributed by atoms with van der Waals surface area (Å²) in [6, 6.07) is 18.6. The van der Waals surface area contributed by atoms with E-state index in [1.165, 1.54) is 6.07 Å². The first-order chi connectivity index (χ1) is 14.0. The smallest absolute Gasteiger partial charge is 0.340 e. The van der Waals surface area contributed by atoms with Crippen molar-refractivity contribution >= 4 is 29.3 Å². The van der Waals surface area contributed by atoms with Crippen LogP contribution in [0.2, 0.25) is 0 Å². The number of nitrogens with zero attached hydrogens (tertiary/aromatic N) is 1. The van der Waals surface area contributed by atoms with Crippen LogP contribution >= 0.6 is 0 Å². The Morgan fingerprint density at radius 3 is 2.38 bits per heavy atom. The summed E-state index contributed by atoms with van der Waals surface area (Å²) in [5.74, 6) is -1.17. The van der Waals surface area contributed by atoms with E-state index in [-0.39, 0.29) is 11.5 Å². The largest absolute Gasteiger partial charge is 0.452 e. The molecule has 0 fully saturated rings. The van der Waals surface area contributed by atoms with Gasteiger partial charge >= 0.3 is 5.97 Å². The van der Waals surface area contributed by atoms with Crippen molar-refractivity contribution in [3.63, 3.8) is 0 Å². The molecule has 0 spiro atoms. The SMILES string of the molecule is Cc1cccnc1NC(=O)COC(=O)c1ccccc1NC(=O)c1ccccc1. The topological polar surface area (TPSA) is 97.4 Å². The molecule has 7 heteroatoms. The minimum Gasteiger partial charge on any atom is -0.452 e. The molecule has 1 aromatic heterocycles. The van der Waals surface area contributed by atoms with Crippen LogP contribution in [0.1, 0.15) is 26.3 Å². The van der Waals surface area contributed by atoms with E-state index in [1.54, 1.807) is 73.8 Å². The number of carbonyl (C=O) groups excluding carboxylic acids is 3. The van der Waals surface area contributed by atoms with E-state index in [9.17, 15) is 14.4 Å². The summed E-state index contributed by atoms with van der Waals surface area (Å²) in [5, 5.41) is 5.28. The van der Waals surface area contributed by atoms with Crippen molar-refractivity contribution in [2.24, 2.45) is 0 Å². The predicted octanol–water partition coefficient (Wildman–Crippen LogP) is 3.44. The number of anilines is 2. The monoisotopic (exact) mass is 389 g/mol. The van der Waals surface area contributed by atoms with Crippen LogP contribution in [-0.2, 0) is 9.53 Å². The zero-order valence-corrected chi connectivity index (χ0v) is 15.7. The van der Waals surface area contributed by atoms with Gasteiger partial charge in [0, 0.05) is 11.8 Å². The lowest BCUT2D eigenvalue weighted by molar-refractivity contribution is -0.119. The Labute approximate surface area is 167 Å². The first kappa shape index (κ1) is 19.8. The number of hydrogen-bond donors (Lipinski definition) is 2. The van der Waals surface area contributed by atoms with Gasteiger partial charge in [-0.1, -0.05) is 36.4 Å². The van der Waals surface area contributed by atoms with Gasteiger partial charge < -0.3 is 15.4 Å². The minimum absolute atomic E-state index is 0.151. The Balaban J connectivity index is 1.63. The fourth-order valence-electron chi connectivity index (χ4n) is 2.55. The van der Waals surface area contributed by atoms with E-state index in [4.69, 9.17) is 4.74 Å². The van der Waals surface area contributed by atoms with E-state index in [0.717, 1.165) is 5.56 Å². The van der Waals surface area contributed by atoms with Gasteiger partial charge in [-0.15, -0.1) is 0 Å². The van der Waals surface area contributed by atoms with Crippen LogP contribution < -0.4 is 10.6 Å². The number of hydrogen-bond acceptors (Lipinski definition) is 5. The molecule has 7 nitrogen and oxygen atoms in total. The maximum absolute atomic E-state index is 12.4. The molecule has 0 unspecified atom stereocenters. The van der Waals surface area contributed by atoms with E-state index >= 15 is 0 Å². The minimum atomic E-state index is -0.721. The average Bonchev–Trinajstić information content (AvgIpc) is 2.74. The van der Waals surface area contributed by atoms with Crippen LogP contribution in [-0.4, -0.2) is 29.4 Å². The number of rotatable bonds is 6. The molecule has 2 amide bonds. The van der Waals surface area contributed by atoms with Crippen molar-refractivity contribution in [1.29, 1.82) is 0 Å². The molecule has 2 N–H and O–H groups in total. The number of carbonyl (C=O) groups is 3. The first-order valence-corrected chi connectivity index (χ1v) is 8.88. The van der Waals surface area contributed by atoms with Crippen molar-refractivity contribution < 1.29 is 19.1 Å². The van der Waals surface area contributed by atoms with Crippen molar-refractivity contribution in [1.82, 2.24) is 4.98 Å². The van der Waals surface area contributed by atoms with Gasteiger partial charge in [0.15, 0.2) is 6.61 Å². The average molecular weight is 389 g/mol. The van der Waals surface area contributed by atoms with E-state index < -0.39 is 18.5 Å². The molecule has 0 radical (unpaired) electrons. The summed E-state index contributed by atoms with van der Waals surface area (Å²) in [4.78, 5) is 40.9. The number of aromatic nitrogens is 1. The summed E-state index contributed by atoms with van der Waals surface area (Å²) < 4.78 is 5.10. The molecule has 0 saturated carbocycles. The van der Waals surface area contributed by atoms with E-state index in [2.05, 4.69) is 15.6 Å². The summed E-state index contributed by atoms with van der Waals surface area (Å²) in [6.45, 7) is 1.33. The highest BCUT2D eigenvalue weighted by Crippen LogP contribution is 2.17. The fourth-order valence-corrected chi connectivity index (χ4v) is 2.55. The zero-order chi connectivity index (χ0) is 20.6. The number of esters is 1. The lowest BCUT2D eigenvalue weighted by atomic mass is 10.1. The lowest BCUT2D eigenvalue weighted by Crippen LogP contribution is -2.22. The Hall–Kier alpha value is -4.00. The predicted molar refractivity (Wildman–Crippen MR) is 109 cm³/mol. The van der Waals surface area contributed by atoms with Crippen molar-refractivity contribution in [3.8, 4) is 0 Å². The molecule has 0 bridgehead atoms. The molecule has 3 rings (SSSR count). The highest BCUT2D eigenvalue weighted by molar-refractivity contribution is 6.08. The second kappa shape index (κ2) is 9.27. The van der Waals surface area contributed by atoms with Crippen LogP contribution in [0.4, 0.5) is 11.5 Å². The number of benzene rings is 2. The summed E-state index contributed by atoms with van der Waals surface area (Å²) in [5.41, 5.74) is 1.70. The molecule has 0 aliphatic carbocycles. The van der Waals surface area contributed by atoms with Gasteiger partial charge in [-0.05, 0) is 42.8 Å². The fraction of sp³-hybridized carbons (Fsp3) is 0.0909. The van der Waals surface area contributed by atoms with Crippen LogP contribution in [0.3, 0.4) is 0 Å². The molecular weight excluding hydrogens is 370 g/mol. The number of ether oxygens (including phenoxy) is 1. The highest BCUT2D eigenvalue weighted by Gasteiger charge is 2.17. The second-order valence-corrected chi connectivity index (χ2v) is 6.16. The maximum atomic E-state index is 12.4. The second-order valence-electron chi connectivity index (χ2n) is 6.16. The first-order valence-electron chi connectivity index (χ1n) is 8.88. The van der Waals surface area contributed by atoms with Gasteiger partial charge in [-0.3, -0.25) is 9.59 Å². The maximum Gasteiger partial charge on any atom is 0.340 e. The van der Waals surface area contributed by atoms with Crippen LogP contribution in [0.15, 0.2) is 72.9 Å². The van der Waals surface area contributed by atoms with Gasteiger partial charge in [0.25, 0.3) is 11.8 Å². The van der Waals surface area contributed by atoms with E-state index in [1.807, 2.05) is 0 Å². The standard InChI is InChI=1S/C22H19N3O4/c1-15-8-7-13-23-20(15)25-19(26)14-29-22(28)17-11-5-6-12-18(17)24-21(27)16-9-3-2-4-10-16/h2-13H,14H2,1H3,(H,24,27)(H,23,25,26). The van der Waals surface area contributed by atoms with Crippen LogP contribution in [0.25, 0.3) is 0 Å². The zero-order valence-electron chi connectivity index (χ0n) is 15.7. The Kier molecular flexibility index (Phi) is 6.32. The molecule has 0 aliphatic heterocycles. The Morgan fingerprint density at radius 2 is 1.62 bits per heavy atom. The Morgan fingerprint density at radius 1 is 0.897 bits per heavy atom. The van der Waals surface area contributed by atoms with Crippen LogP contribution in [0.5, 0.6) is 0 Å². The van der Waals surface area contributed by atoms with Gasteiger partial charge in [0.05, 0.1) is 11.3 Å². The molecule has 1 heterocycles. The summed E-state index contributed by atoms with van der Waals surface area (Å²) >= 11 is 0.